The van der Waals surface area contributed by atoms with Crippen molar-refractivity contribution in [3.05, 3.63) is 59.4 Å². The number of imide groups is 1. The molecule has 4 amide bonds. The van der Waals surface area contributed by atoms with Crippen molar-refractivity contribution in [3.63, 3.8) is 0 Å². The van der Waals surface area contributed by atoms with Crippen LogP contribution in [0.5, 0.6) is 5.75 Å². The van der Waals surface area contributed by atoms with E-state index < -0.39 is 35.7 Å². The third kappa shape index (κ3) is 3.53. The molecule has 2 aromatic carbocycles. The molecule has 0 aromatic heterocycles. The van der Waals surface area contributed by atoms with Gasteiger partial charge >= 0.3 is 6.03 Å². The first kappa shape index (κ1) is 19.3. The van der Waals surface area contributed by atoms with Gasteiger partial charge in [0.2, 0.25) is 5.91 Å². The fourth-order valence-electron chi connectivity index (χ4n) is 2.98. The van der Waals surface area contributed by atoms with Crippen LogP contribution >= 0.6 is 0 Å². The third-order valence-electron chi connectivity index (χ3n) is 4.70. The summed E-state index contributed by atoms with van der Waals surface area (Å²) in [6.45, 7) is 2.70. The van der Waals surface area contributed by atoms with Crippen molar-refractivity contribution in [1.29, 1.82) is 0 Å². The number of ether oxygens (including phenoxy) is 1. The minimum Gasteiger partial charge on any atom is -0.497 e. The van der Waals surface area contributed by atoms with Crippen molar-refractivity contribution < 1.29 is 23.5 Å². The van der Waals surface area contributed by atoms with Crippen LogP contribution < -0.4 is 15.4 Å². The molecule has 0 aliphatic carbocycles. The lowest BCUT2D eigenvalue weighted by Gasteiger charge is -2.22. The number of hydrogen-bond acceptors (Lipinski definition) is 4. The van der Waals surface area contributed by atoms with E-state index in [1.807, 2.05) is 0 Å². The van der Waals surface area contributed by atoms with Gasteiger partial charge in [-0.3, -0.25) is 14.5 Å². The average molecular weight is 385 g/mol. The molecule has 0 bridgehead atoms. The number of amides is 4. The Morgan fingerprint density at radius 2 is 1.89 bits per heavy atom. The van der Waals surface area contributed by atoms with Crippen LogP contribution in [0.1, 0.15) is 18.1 Å². The van der Waals surface area contributed by atoms with Crippen LogP contribution in [0.15, 0.2) is 42.5 Å². The van der Waals surface area contributed by atoms with Gasteiger partial charge in [-0.1, -0.05) is 18.2 Å². The van der Waals surface area contributed by atoms with Gasteiger partial charge in [0.05, 0.1) is 7.11 Å². The Kier molecular flexibility index (Phi) is 5.04. The van der Waals surface area contributed by atoms with Crippen molar-refractivity contribution in [1.82, 2.24) is 10.2 Å². The number of benzene rings is 2. The molecule has 1 fully saturated rings. The number of carbonyl (C=O) groups excluding carboxylic acids is 3. The minimum atomic E-state index is -1.29. The lowest BCUT2D eigenvalue weighted by Crippen LogP contribution is -2.42. The molecule has 0 saturated carbocycles. The van der Waals surface area contributed by atoms with E-state index in [0.717, 1.165) is 4.90 Å². The molecule has 7 nitrogen and oxygen atoms in total. The molecular weight excluding hydrogens is 365 g/mol. The first-order valence-electron chi connectivity index (χ1n) is 8.59. The number of nitrogens with one attached hydrogen (secondary N) is 2. The van der Waals surface area contributed by atoms with Crippen molar-refractivity contribution in [2.45, 2.75) is 19.4 Å². The summed E-state index contributed by atoms with van der Waals surface area (Å²) >= 11 is 0. The van der Waals surface area contributed by atoms with Gasteiger partial charge in [-0.25, -0.2) is 9.18 Å². The van der Waals surface area contributed by atoms with E-state index in [2.05, 4.69) is 10.6 Å². The van der Waals surface area contributed by atoms with Crippen LogP contribution in [-0.4, -0.2) is 36.4 Å². The molecule has 146 valence electrons. The fourth-order valence-corrected chi connectivity index (χ4v) is 2.98. The first-order chi connectivity index (χ1) is 13.2. The van der Waals surface area contributed by atoms with Gasteiger partial charge in [0.1, 0.15) is 23.7 Å². The van der Waals surface area contributed by atoms with Crippen molar-refractivity contribution in [2.24, 2.45) is 0 Å². The summed E-state index contributed by atoms with van der Waals surface area (Å²) < 4.78 is 18.7. The highest BCUT2D eigenvalue weighted by Crippen LogP contribution is 2.30. The maximum Gasteiger partial charge on any atom is 0.325 e. The van der Waals surface area contributed by atoms with Gasteiger partial charge in [-0.2, -0.15) is 0 Å². The highest BCUT2D eigenvalue weighted by Gasteiger charge is 2.49. The summed E-state index contributed by atoms with van der Waals surface area (Å²) in [4.78, 5) is 38.3. The molecule has 3 rings (SSSR count). The van der Waals surface area contributed by atoms with E-state index in [9.17, 15) is 18.8 Å². The van der Waals surface area contributed by atoms with Crippen LogP contribution in [0, 0.1) is 12.7 Å². The predicted octanol–water partition coefficient (Wildman–Crippen LogP) is 2.55. The maximum atomic E-state index is 13.6. The van der Waals surface area contributed by atoms with Crippen molar-refractivity contribution in [2.75, 3.05) is 19.0 Å². The molecule has 2 aromatic rings. The van der Waals surface area contributed by atoms with Gasteiger partial charge < -0.3 is 15.4 Å². The molecule has 1 unspecified atom stereocenters. The number of halogens is 1. The number of nitrogens with zero attached hydrogens (tertiary/aromatic N) is 1. The Hall–Kier alpha value is -3.42. The zero-order valence-electron chi connectivity index (χ0n) is 15.7. The van der Waals surface area contributed by atoms with Gasteiger partial charge in [0.25, 0.3) is 5.91 Å². The summed E-state index contributed by atoms with van der Waals surface area (Å²) in [6.07, 6.45) is 0. The molecule has 28 heavy (non-hydrogen) atoms. The fraction of sp³-hybridized carbons (Fsp3) is 0.250. The molecule has 1 aliphatic rings. The summed E-state index contributed by atoms with van der Waals surface area (Å²) in [5.41, 5.74) is -0.0323. The van der Waals surface area contributed by atoms with E-state index in [1.165, 1.54) is 19.2 Å². The molecule has 1 aliphatic heterocycles. The second-order valence-electron chi connectivity index (χ2n) is 6.69. The predicted molar refractivity (Wildman–Crippen MR) is 100 cm³/mol. The minimum absolute atomic E-state index is 0.248. The van der Waals surface area contributed by atoms with E-state index in [1.54, 1.807) is 44.2 Å². The van der Waals surface area contributed by atoms with Crippen molar-refractivity contribution in [3.8, 4) is 5.75 Å². The highest BCUT2D eigenvalue weighted by molar-refractivity contribution is 6.10. The van der Waals surface area contributed by atoms with Crippen LogP contribution in [-0.2, 0) is 15.1 Å². The summed E-state index contributed by atoms with van der Waals surface area (Å²) in [5, 5.41) is 5.12. The normalized spacial score (nSPS) is 18.8. The summed E-state index contributed by atoms with van der Waals surface area (Å²) in [5.74, 6) is -0.996. The topological polar surface area (TPSA) is 87.7 Å². The van der Waals surface area contributed by atoms with Crippen molar-refractivity contribution >= 4 is 23.5 Å². The Morgan fingerprint density at radius 3 is 2.50 bits per heavy atom. The second kappa shape index (κ2) is 7.30. The third-order valence-corrected chi connectivity index (χ3v) is 4.70. The Bertz CT molecular complexity index is 945. The van der Waals surface area contributed by atoms with Gasteiger partial charge in [0.15, 0.2) is 0 Å². The molecule has 1 heterocycles. The number of anilines is 1. The Morgan fingerprint density at radius 1 is 1.21 bits per heavy atom. The molecule has 8 heteroatoms. The highest BCUT2D eigenvalue weighted by atomic mass is 19.1. The van der Waals surface area contributed by atoms with Crippen LogP contribution in [0.3, 0.4) is 0 Å². The van der Waals surface area contributed by atoms with E-state index in [4.69, 9.17) is 4.74 Å². The van der Waals surface area contributed by atoms with E-state index in [0.29, 0.717) is 16.9 Å². The van der Waals surface area contributed by atoms with Gasteiger partial charge in [-0.15, -0.1) is 0 Å². The smallest absolute Gasteiger partial charge is 0.325 e. The number of rotatable bonds is 5. The summed E-state index contributed by atoms with van der Waals surface area (Å²) in [7, 11) is 1.53. The number of methoxy groups -OCH3 is 1. The zero-order chi connectivity index (χ0) is 20.5. The van der Waals surface area contributed by atoms with Gasteiger partial charge in [-0.05, 0) is 49.2 Å². The molecular formula is C20H20FN3O4. The number of urea groups is 1. The Labute approximate surface area is 161 Å². The summed E-state index contributed by atoms with van der Waals surface area (Å²) in [6, 6.07) is 10.3. The number of hydrogen-bond donors (Lipinski definition) is 2. The molecule has 1 atom stereocenters. The molecule has 2 N–H and O–H groups in total. The lowest BCUT2D eigenvalue weighted by molar-refractivity contribution is -0.133. The first-order valence-corrected chi connectivity index (χ1v) is 8.59. The maximum absolute atomic E-state index is 13.6. The SMILES string of the molecule is COc1ccc(C2(C)NC(=O)N(CC(=O)Nc3ccc(C)c(F)c3)C2=O)cc1. The van der Waals surface area contributed by atoms with Gasteiger partial charge in [0, 0.05) is 5.69 Å². The van der Waals surface area contributed by atoms with Crippen LogP contribution in [0.25, 0.3) is 0 Å². The molecule has 0 spiro atoms. The standard InChI is InChI=1S/C20H20FN3O4/c1-12-4-7-14(10-16(12)21)22-17(25)11-24-18(26)20(2,23-19(24)27)13-5-8-15(28-3)9-6-13/h4-10H,11H2,1-3H3,(H,22,25)(H,23,27). The average Bonchev–Trinajstić information content (AvgIpc) is 2.89. The van der Waals surface area contributed by atoms with E-state index in [-0.39, 0.29) is 5.69 Å². The molecule has 1 saturated heterocycles. The number of carbonyl (C=O) groups is 3. The zero-order valence-corrected chi connectivity index (χ0v) is 15.7. The van der Waals surface area contributed by atoms with E-state index >= 15 is 0 Å². The number of aryl methyl sites for hydroxylation is 1. The monoisotopic (exact) mass is 385 g/mol. The largest absolute Gasteiger partial charge is 0.497 e. The second-order valence-corrected chi connectivity index (χ2v) is 6.69. The lowest BCUT2D eigenvalue weighted by atomic mass is 9.92. The quantitative estimate of drug-likeness (QED) is 0.775. The Balaban J connectivity index is 1.73. The van der Waals surface area contributed by atoms with Crippen LogP contribution in [0.2, 0.25) is 0 Å². The molecule has 0 radical (unpaired) electrons. The van der Waals surface area contributed by atoms with Crippen LogP contribution in [0.4, 0.5) is 14.9 Å².